The number of rotatable bonds is 3. The van der Waals surface area contributed by atoms with Crippen LogP contribution < -0.4 is 11.1 Å². The Hall–Kier alpha value is -0.610. The van der Waals surface area contributed by atoms with Gasteiger partial charge >= 0.3 is 0 Å². The van der Waals surface area contributed by atoms with E-state index in [1.807, 2.05) is 7.05 Å². The lowest BCUT2D eigenvalue weighted by molar-refractivity contribution is -0.119. The summed E-state index contributed by atoms with van der Waals surface area (Å²) in [5.41, 5.74) is 5.09. The highest BCUT2D eigenvalue weighted by Gasteiger charge is 2.18. The van der Waals surface area contributed by atoms with Gasteiger partial charge in [-0.1, -0.05) is 0 Å². The summed E-state index contributed by atoms with van der Waals surface area (Å²) in [7, 11) is 1.98. The Bertz CT molecular complexity index is 152. The van der Waals surface area contributed by atoms with Gasteiger partial charge < -0.3 is 11.1 Å². The van der Waals surface area contributed by atoms with Gasteiger partial charge in [0.1, 0.15) is 0 Å². The number of likely N-dealkylation sites (tertiary alicyclic amines) is 1. The van der Waals surface area contributed by atoms with Crippen LogP contribution in [0.2, 0.25) is 0 Å². The van der Waals surface area contributed by atoms with Crippen molar-refractivity contribution in [2.45, 2.75) is 18.9 Å². The van der Waals surface area contributed by atoms with Crippen LogP contribution in [0.4, 0.5) is 0 Å². The normalized spacial score (nSPS) is 21.1. The minimum absolute atomic E-state index is 0.224. The number of nitrogens with zero attached hydrogens (tertiary/aromatic N) is 1. The van der Waals surface area contributed by atoms with Gasteiger partial charge in [0.25, 0.3) is 0 Å². The lowest BCUT2D eigenvalue weighted by Gasteiger charge is -2.30. The van der Waals surface area contributed by atoms with Crippen LogP contribution in [-0.2, 0) is 4.79 Å². The molecule has 0 unspecified atom stereocenters. The Morgan fingerprint density at radius 3 is 2.58 bits per heavy atom. The first kappa shape index (κ1) is 9.48. The van der Waals surface area contributed by atoms with Crippen molar-refractivity contribution < 1.29 is 4.79 Å². The summed E-state index contributed by atoms with van der Waals surface area (Å²) in [5, 5.41) is 3.23. The zero-order chi connectivity index (χ0) is 8.97. The highest BCUT2D eigenvalue weighted by molar-refractivity contribution is 5.75. The molecule has 1 saturated heterocycles. The third kappa shape index (κ3) is 2.79. The standard InChI is InChI=1S/C8H17N3O/c1-10-7-2-4-11(5-3-7)6-8(9)12/h7,10H,2-6H2,1H3,(H2,9,12). The zero-order valence-electron chi connectivity index (χ0n) is 7.55. The fourth-order valence-electron chi connectivity index (χ4n) is 1.60. The Labute approximate surface area is 73.1 Å². The molecular formula is C8H17N3O. The van der Waals surface area contributed by atoms with E-state index in [0.717, 1.165) is 25.9 Å². The number of piperidine rings is 1. The summed E-state index contributed by atoms with van der Waals surface area (Å²) in [5.74, 6) is -0.224. The lowest BCUT2D eigenvalue weighted by Crippen LogP contribution is -2.44. The molecule has 0 saturated carbocycles. The fraction of sp³-hybridized carbons (Fsp3) is 0.875. The van der Waals surface area contributed by atoms with Crippen molar-refractivity contribution in [1.29, 1.82) is 0 Å². The van der Waals surface area contributed by atoms with Crippen LogP contribution in [0.5, 0.6) is 0 Å². The topological polar surface area (TPSA) is 58.4 Å². The number of carbonyl (C=O) groups excluding carboxylic acids is 1. The molecule has 0 aliphatic carbocycles. The number of hydrogen-bond donors (Lipinski definition) is 2. The average molecular weight is 171 g/mol. The maximum absolute atomic E-state index is 10.6. The number of carbonyl (C=O) groups is 1. The zero-order valence-corrected chi connectivity index (χ0v) is 7.55. The highest BCUT2D eigenvalue weighted by atomic mass is 16.1. The summed E-state index contributed by atoms with van der Waals surface area (Å²) in [6.45, 7) is 2.37. The molecule has 1 aliphatic heterocycles. The van der Waals surface area contributed by atoms with E-state index in [-0.39, 0.29) is 5.91 Å². The van der Waals surface area contributed by atoms with Crippen molar-refractivity contribution in [1.82, 2.24) is 10.2 Å². The van der Waals surface area contributed by atoms with Crippen LogP contribution in [0.3, 0.4) is 0 Å². The predicted molar refractivity (Wildman–Crippen MR) is 47.7 cm³/mol. The van der Waals surface area contributed by atoms with Gasteiger partial charge in [-0.15, -0.1) is 0 Å². The van der Waals surface area contributed by atoms with Crippen molar-refractivity contribution in [3.8, 4) is 0 Å². The second kappa shape index (κ2) is 4.42. The number of nitrogens with two attached hydrogens (primary N) is 1. The maximum Gasteiger partial charge on any atom is 0.231 e. The van der Waals surface area contributed by atoms with Crippen molar-refractivity contribution in [3.05, 3.63) is 0 Å². The van der Waals surface area contributed by atoms with Crippen molar-refractivity contribution in [2.24, 2.45) is 5.73 Å². The number of hydrogen-bond acceptors (Lipinski definition) is 3. The molecule has 4 nitrogen and oxygen atoms in total. The van der Waals surface area contributed by atoms with E-state index in [1.54, 1.807) is 0 Å². The van der Waals surface area contributed by atoms with Gasteiger partial charge in [0, 0.05) is 19.1 Å². The van der Waals surface area contributed by atoms with E-state index in [2.05, 4.69) is 10.2 Å². The molecule has 0 spiro atoms. The van der Waals surface area contributed by atoms with E-state index in [4.69, 9.17) is 5.73 Å². The number of amides is 1. The molecule has 12 heavy (non-hydrogen) atoms. The summed E-state index contributed by atoms with van der Waals surface area (Å²) in [6.07, 6.45) is 2.23. The van der Waals surface area contributed by atoms with Gasteiger partial charge in [0.05, 0.1) is 6.54 Å². The van der Waals surface area contributed by atoms with Crippen molar-refractivity contribution >= 4 is 5.91 Å². The second-order valence-electron chi connectivity index (χ2n) is 3.31. The Balaban J connectivity index is 2.21. The van der Waals surface area contributed by atoms with Crippen LogP contribution in [-0.4, -0.2) is 43.5 Å². The molecule has 0 atom stereocenters. The molecule has 1 rings (SSSR count). The second-order valence-corrected chi connectivity index (χ2v) is 3.31. The molecule has 0 radical (unpaired) electrons. The summed E-state index contributed by atoms with van der Waals surface area (Å²) in [6, 6.07) is 0.620. The third-order valence-corrected chi connectivity index (χ3v) is 2.38. The molecule has 3 N–H and O–H groups in total. The molecule has 1 aliphatic rings. The minimum Gasteiger partial charge on any atom is -0.369 e. The van der Waals surface area contributed by atoms with Gasteiger partial charge in [-0.2, -0.15) is 0 Å². The Morgan fingerprint density at radius 1 is 1.58 bits per heavy atom. The lowest BCUT2D eigenvalue weighted by atomic mass is 10.1. The van der Waals surface area contributed by atoms with E-state index < -0.39 is 0 Å². The molecule has 1 heterocycles. The molecule has 1 fully saturated rings. The van der Waals surface area contributed by atoms with Gasteiger partial charge in [-0.05, 0) is 19.9 Å². The minimum atomic E-state index is -0.224. The number of primary amides is 1. The molecule has 70 valence electrons. The molecule has 4 heteroatoms. The predicted octanol–water partition coefficient (Wildman–Crippen LogP) is -0.844. The molecular weight excluding hydrogens is 154 g/mol. The van der Waals surface area contributed by atoms with E-state index in [9.17, 15) is 4.79 Å². The van der Waals surface area contributed by atoms with Crippen molar-refractivity contribution in [3.63, 3.8) is 0 Å². The average Bonchev–Trinajstić information content (AvgIpc) is 2.05. The fourth-order valence-corrected chi connectivity index (χ4v) is 1.60. The Kier molecular flexibility index (Phi) is 3.49. The van der Waals surface area contributed by atoms with E-state index in [1.165, 1.54) is 0 Å². The van der Waals surface area contributed by atoms with Gasteiger partial charge in [0.15, 0.2) is 0 Å². The largest absolute Gasteiger partial charge is 0.369 e. The van der Waals surface area contributed by atoms with Crippen LogP contribution in [0.1, 0.15) is 12.8 Å². The van der Waals surface area contributed by atoms with Crippen LogP contribution in [0.25, 0.3) is 0 Å². The summed E-state index contributed by atoms with van der Waals surface area (Å²) >= 11 is 0. The quantitative estimate of drug-likeness (QED) is 0.582. The molecule has 0 bridgehead atoms. The first-order valence-corrected chi connectivity index (χ1v) is 4.40. The Morgan fingerprint density at radius 2 is 2.17 bits per heavy atom. The smallest absolute Gasteiger partial charge is 0.231 e. The van der Waals surface area contributed by atoms with Gasteiger partial charge in [-0.3, -0.25) is 9.69 Å². The molecule has 1 amide bonds. The van der Waals surface area contributed by atoms with Crippen molar-refractivity contribution in [2.75, 3.05) is 26.7 Å². The van der Waals surface area contributed by atoms with Crippen LogP contribution in [0.15, 0.2) is 0 Å². The van der Waals surface area contributed by atoms with E-state index in [0.29, 0.717) is 12.6 Å². The first-order chi connectivity index (χ1) is 5.72. The van der Waals surface area contributed by atoms with Gasteiger partial charge in [0.2, 0.25) is 5.91 Å². The summed E-state index contributed by atoms with van der Waals surface area (Å²) < 4.78 is 0. The number of nitrogens with one attached hydrogen (secondary N) is 1. The third-order valence-electron chi connectivity index (χ3n) is 2.38. The summed E-state index contributed by atoms with van der Waals surface area (Å²) in [4.78, 5) is 12.7. The van der Waals surface area contributed by atoms with Gasteiger partial charge in [-0.25, -0.2) is 0 Å². The monoisotopic (exact) mass is 171 g/mol. The first-order valence-electron chi connectivity index (χ1n) is 4.40. The van der Waals surface area contributed by atoms with Crippen LogP contribution in [0, 0.1) is 0 Å². The highest BCUT2D eigenvalue weighted by Crippen LogP contribution is 2.08. The SMILES string of the molecule is CNC1CCN(CC(N)=O)CC1. The maximum atomic E-state index is 10.6. The van der Waals surface area contributed by atoms with E-state index >= 15 is 0 Å². The van der Waals surface area contributed by atoms with Crippen LogP contribution >= 0.6 is 0 Å². The molecule has 0 aromatic carbocycles. The molecule has 0 aromatic heterocycles. The molecule has 0 aromatic rings.